The number of alkyl halides is 1. The molecule has 0 radical (unpaired) electrons. The van der Waals surface area contributed by atoms with E-state index in [9.17, 15) is 0 Å². The second-order valence-electron chi connectivity index (χ2n) is 5.84. The van der Waals surface area contributed by atoms with Gasteiger partial charge in [-0.25, -0.2) is 0 Å². The summed E-state index contributed by atoms with van der Waals surface area (Å²) < 4.78 is 5.98. The van der Waals surface area contributed by atoms with Crippen molar-refractivity contribution in [3.05, 3.63) is 0 Å². The van der Waals surface area contributed by atoms with Crippen LogP contribution in [-0.2, 0) is 4.74 Å². The van der Waals surface area contributed by atoms with E-state index in [2.05, 4.69) is 43.6 Å². The topological polar surface area (TPSA) is 9.23 Å². The number of hydrogen-bond donors (Lipinski definition) is 0. The SMILES string of the molecule is CC(C)CC(Br)CCC1CCC(C)(C)O1. The highest BCUT2D eigenvalue weighted by Crippen LogP contribution is 2.32. The molecule has 1 saturated heterocycles. The van der Waals surface area contributed by atoms with Crippen LogP contribution in [0.2, 0.25) is 0 Å². The zero-order valence-corrected chi connectivity index (χ0v) is 12.1. The van der Waals surface area contributed by atoms with Crippen LogP contribution in [0.1, 0.15) is 59.8 Å². The highest BCUT2D eigenvalue weighted by atomic mass is 79.9. The second kappa shape index (κ2) is 5.67. The Hall–Kier alpha value is 0.440. The first-order valence-corrected chi connectivity index (χ1v) is 7.12. The Morgan fingerprint density at radius 1 is 1.40 bits per heavy atom. The van der Waals surface area contributed by atoms with Gasteiger partial charge in [0.25, 0.3) is 0 Å². The second-order valence-corrected chi connectivity index (χ2v) is 7.14. The molecule has 2 heteroatoms. The van der Waals surface area contributed by atoms with Crippen molar-refractivity contribution >= 4 is 15.9 Å². The quantitative estimate of drug-likeness (QED) is 0.671. The highest BCUT2D eigenvalue weighted by Gasteiger charge is 2.31. The standard InChI is InChI=1S/C13H25BrO/c1-10(2)9-11(14)5-6-12-7-8-13(3,4)15-12/h10-12H,5-9H2,1-4H3. The van der Waals surface area contributed by atoms with E-state index in [1.165, 1.54) is 32.1 Å². The van der Waals surface area contributed by atoms with Gasteiger partial charge in [0, 0.05) is 4.83 Å². The van der Waals surface area contributed by atoms with Gasteiger partial charge < -0.3 is 4.74 Å². The predicted molar refractivity (Wildman–Crippen MR) is 69.6 cm³/mol. The number of hydrogen-bond acceptors (Lipinski definition) is 1. The van der Waals surface area contributed by atoms with E-state index in [0.717, 1.165) is 5.92 Å². The van der Waals surface area contributed by atoms with Crippen molar-refractivity contribution in [3.63, 3.8) is 0 Å². The summed E-state index contributed by atoms with van der Waals surface area (Å²) in [6.07, 6.45) is 6.71. The van der Waals surface area contributed by atoms with Gasteiger partial charge in [0.05, 0.1) is 11.7 Å². The molecule has 0 spiro atoms. The molecule has 1 aliphatic heterocycles. The van der Waals surface area contributed by atoms with Crippen molar-refractivity contribution in [3.8, 4) is 0 Å². The average Bonchev–Trinajstić information content (AvgIpc) is 2.41. The third kappa shape index (κ3) is 5.35. The van der Waals surface area contributed by atoms with Gasteiger partial charge in [-0.3, -0.25) is 0 Å². The van der Waals surface area contributed by atoms with Crippen LogP contribution in [0.15, 0.2) is 0 Å². The third-order valence-corrected chi connectivity index (χ3v) is 3.91. The number of ether oxygens (including phenoxy) is 1. The summed E-state index contributed by atoms with van der Waals surface area (Å²) in [6, 6.07) is 0. The monoisotopic (exact) mass is 276 g/mol. The molecule has 2 unspecified atom stereocenters. The van der Waals surface area contributed by atoms with Gasteiger partial charge in [0.15, 0.2) is 0 Å². The Morgan fingerprint density at radius 3 is 2.53 bits per heavy atom. The van der Waals surface area contributed by atoms with Gasteiger partial charge in [-0.15, -0.1) is 0 Å². The summed E-state index contributed by atoms with van der Waals surface area (Å²) in [7, 11) is 0. The van der Waals surface area contributed by atoms with Gasteiger partial charge in [-0.1, -0.05) is 29.8 Å². The molecule has 0 bridgehead atoms. The van der Waals surface area contributed by atoms with E-state index in [1.807, 2.05) is 0 Å². The fourth-order valence-corrected chi connectivity index (χ4v) is 3.29. The van der Waals surface area contributed by atoms with Gasteiger partial charge in [-0.2, -0.15) is 0 Å². The molecule has 1 aliphatic rings. The summed E-state index contributed by atoms with van der Waals surface area (Å²) in [5.41, 5.74) is 0.129. The van der Waals surface area contributed by atoms with Crippen LogP contribution in [-0.4, -0.2) is 16.5 Å². The molecule has 90 valence electrons. The lowest BCUT2D eigenvalue weighted by molar-refractivity contribution is -0.0189. The van der Waals surface area contributed by atoms with Crippen LogP contribution < -0.4 is 0 Å². The lowest BCUT2D eigenvalue weighted by Gasteiger charge is -2.20. The third-order valence-electron chi connectivity index (χ3n) is 3.08. The smallest absolute Gasteiger partial charge is 0.0631 e. The van der Waals surface area contributed by atoms with E-state index in [-0.39, 0.29) is 5.60 Å². The molecule has 15 heavy (non-hydrogen) atoms. The van der Waals surface area contributed by atoms with Crippen LogP contribution in [0.25, 0.3) is 0 Å². The van der Waals surface area contributed by atoms with Crippen LogP contribution in [0.3, 0.4) is 0 Å². The van der Waals surface area contributed by atoms with Gasteiger partial charge in [0.2, 0.25) is 0 Å². The zero-order chi connectivity index (χ0) is 11.5. The Morgan fingerprint density at radius 2 is 2.07 bits per heavy atom. The van der Waals surface area contributed by atoms with E-state index >= 15 is 0 Å². The minimum atomic E-state index is 0.129. The summed E-state index contributed by atoms with van der Waals surface area (Å²) >= 11 is 3.76. The first-order chi connectivity index (χ1) is 6.89. The molecule has 0 N–H and O–H groups in total. The normalized spacial score (nSPS) is 27.2. The van der Waals surface area contributed by atoms with Crippen molar-refractivity contribution < 1.29 is 4.74 Å². The first-order valence-electron chi connectivity index (χ1n) is 6.21. The van der Waals surface area contributed by atoms with Crippen molar-refractivity contribution in [1.82, 2.24) is 0 Å². The fourth-order valence-electron chi connectivity index (χ4n) is 2.28. The van der Waals surface area contributed by atoms with E-state index in [4.69, 9.17) is 4.74 Å². The lowest BCUT2D eigenvalue weighted by Crippen LogP contribution is -2.20. The minimum Gasteiger partial charge on any atom is -0.372 e. The maximum absolute atomic E-state index is 5.98. The molecule has 0 saturated carbocycles. The highest BCUT2D eigenvalue weighted by molar-refractivity contribution is 9.09. The molecule has 0 aromatic heterocycles. The molecular formula is C13H25BrO. The maximum atomic E-state index is 5.98. The Bertz CT molecular complexity index is 189. The maximum Gasteiger partial charge on any atom is 0.0631 e. The Kier molecular flexibility index (Phi) is 5.11. The molecule has 0 aromatic carbocycles. The largest absolute Gasteiger partial charge is 0.372 e. The van der Waals surface area contributed by atoms with Crippen molar-refractivity contribution in [2.45, 2.75) is 76.3 Å². The summed E-state index contributed by atoms with van der Waals surface area (Å²) in [4.78, 5) is 0.671. The van der Waals surface area contributed by atoms with Crippen molar-refractivity contribution in [2.75, 3.05) is 0 Å². The Balaban J connectivity index is 2.15. The van der Waals surface area contributed by atoms with E-state index in [1.54, 1.807) is 0 Å². The van der Waals surface area contributed by atoms with Gasteiger partial charge in [-0.05, 0) is 51.9 Å². The van der Waals surface area contributed by atoms with Crippen LogP contribution >= 0.6 is 15.9 Å². The molecule has 2 atom stereocenters. The predicted octanol–water partition coefficient (Wildman–Crippen LogP) is 4.53. The average molecular weight is 277 g/mol. The van der Waals surface area contributed by atoms with Gasteiger partial charge in [0.1, 0.15) is 0 Å². The number of rotatable bonds is 5. The van der Waals surface area contributed by atoms with Crippen molar-refractivity contribution in [2.24, 2.45) is 5.92 Å². The molecule has 1 rings (SSSR count). The molecule has 1 nitrogen and oxygen atoms in total. The molecular weight excluding hydrogens is 252 g/mol. The van der Waals surface area contributed by atoms with Crippen LogP contribution in [0.5, 0.6) is 0 Å². The fraction of sp³-hybridized carbons (Fsp3) is 1.00. The van der Waals surface area contributed by atoms with Gasteiger partial charge >= 0.3 is 0 Å². The first kappa shape index (κ1) is 13.5. The van der Waals surface area contributed by atoms with E-state index in [0.29, 0.717) is 10.9 Å². The lowest BCUT2D eigenvalue weighted by atomic mass is 10.0. The molecule has 1 fully saturated rings. The Labute approximate surface area is 103 Å². The molecule has 0 aromatic rings. The zero-order valence-electron chi connectivity index (χ0n) is 10.6. The summed E-state index contributed by atoms with van der Waals surface area (Å²) in [5, 5.41) is 0. The minimum absolute atomic E-state index is 0.129. The summed E-state index contributed by atoms with van der Waals surface area (Å²) in [5.74, 6) is 0.787. The van der Waals surface area contributed by atoms with E-state index < -0.39 is 0 Å². The van der Waals surface area contributed by atoms with Crippen molar-refractivity contribution in [1.29, 1.82) is 0 Å². The molecule has 0 amide bonds. The van der Waals surface area contributed by atoms with Crippen LogP contribution in [0.4, 0.5) is 0 Å². The molecule has 0 aliphatic carbocycles. The summed E-state index contributed by atoms with van der Waals surface area (Å²) in [6.45, 7) is 8.96. The molecule has 1 heterocycles. The van der Waals surface area contributed by atoms with Crippen LogP contribution in [0, 0.1) is 5.92 Å². The number of halogens is 1.